The van der Waals surface area contributed by atoms with Crippen LogP contribution < -0.4 is 0 Å². The monoisotopic (exact) mass is 336 g/mol. The molecular formula is C20H36N2O2. The van der Waals surface area contributed by atoms with E-state index in [0.29, 0.717) is 17.4 Å². The van der Waals surface area contributed by atoms with E-state index in [4.69, 9.17) is 4.74 Å². The maximum Gasteiger partial charge on any atom is 0.159 e. The molecule has 24 heavy (non-hydrogen) atoms. The highest BCUT2D eigenvalue weighted by molar-refractivity contribution is 5.09. The first kappa shape index (κ1) is 17.3. The normalized spacial score (nSPS) is 45.8. The number of aliphatic hydroxyl groups excluding tert-OH is 1. The second-order valence-electron chi connectivity index (χ2n) is 8.85. The molecule has 0 aromatic rings. The number of hydrogen-bond donors (Lipinski definition) is 1. The lowest BCUT2D eigenvalue weighted by Gasteiger charge is -2.63. The van der Waals surface area contributed by atoms with E-state index in [9.17, 15) is 5.11 Å². The van der Waals surface area contributed by atoms with E-state index in [1.54, 1.807) is 0 Å². The van der Waals surface area contributed by atoms with E-state index in [1.807, 2.05) is 0 Å². The summed E-state index contributed by atoms with van der Waals surface area (Å²) in [6, 6.07) is 0.726. The van der Waals surface area contributed by atoms with Crippen LogP contribution in [-0.4, -0.2) is 66.1 Å². The molecule has 0 aromatic heterocycles. The molecule has 4 fully saturated rings. The van der Waals surface area contributed by atoms with Crippen LogP contribution in [0.25, 0.3) is 0 Å². The van der Waals surface area contributed by atoms with Crippen molar-refractivity contribution in [1.82, 2.24) is 9.80 Å². The lowest BCUT2D eigenvalue weighted by atomic mass is 9.56. The smallest absolute Gasteiger partial charge is 0.159 e. The molecule has 4 rings (SSSR count). The average Bonchev–Trinajstić information content (AvgIpc) is 2.59. The first-order valence-corrected chi connectivity index (χ1v) is 10.5. The van der Waals surface area contributed by atoms with Gasteiger partial charge < -0.3 is 14.7 Å². The van der Waals surface area contributed by atoms with Crippen molar-refractivity contribution in [3.63, 3.8) is 0 Å². The molecule has 1 aliphatic carbocycles. The Morgan fingerprint density at radius 3 is 2.79 bits per heavy atom. The van der Waals surface area contributed by atoms with Crippen molar-refractivity contribution in [2.45, 2.75) is 77.2 Å². The Bertz CT molecular complexity index is 441. The van der Waals surface area contributed by atoms with Crippen LogP contribution in [0.5, 0.6) is 0 Å². The Labute approximate surface area is 147 Å². The summed E-state index contributed by atoms with van der Waals surface area (Å²) in [6.07, 6.45) is 8.99. The summed E-state index contributed by atoms with van der Waals surface area (Å²) < 4.78 is 6.40. The van der Waals surface area contributed by atoms with Crippen LogP contribution in [0.3, 0.4) is 0 Å². The van der Waals surface area contributed by atoms with Gasteiger partial charge in [0.15, 0.2) is 6.29 Å². The molecule has 1 N–H and O–H groups in total. The van der Waals surface area contributed by atoms with E-state index in [1.165, 1.54) is 51.6 Å². The van der Waals surface area contributed by atoms with Gasteiger partial charge in [-0.25, -0.2) is 0 Å². The van der Waals surface area contributed by atoms with Crippen LogP contribution in [0, 0.1) is 17.3 Å². The van der Waals surface area contributed by atoms with E-state index < -0.39 is 6.29 Å². The predicted octanol–water partition coefficient (Wildman–Crippen LogP) is 2.71. The molecule has 6 atom stereocenters. The number of aliphatic hydroxyl groups is 1. The zero-order chi connectivity index (χ0) is 16.7. The molecule has 3 saturated heterocycles. The molecule has 0 aromatic carbocycles. The first-order chi connectivity index (χ1) is 11.7. The quantitative estimate of drug-likeness (QED) is 0.856. The molecule has 1 unspecified atom stereocenters. The minimum atomic E-state index is -0.556. The van der Waals surface area contributed by atoms with E-state index in [-0.39, 0.29) is 5.92 Å². The van der Waals surface area contributed by atoms with Crippen molar-refractivity contribution in [3.05, 3.63) is 0 Å². The van der Waals surface area contributed by atoms with Gasteiger partial charge in [-0.15, -0.1) is 0 Å². The second kappa shape index (κ2) is 6.86. The number of hydrogen-bond acceptors (Lipinski definition) is 4. The van der Waals surface area contributed by atoms with Crippen molar-refractivity contribution >= 4 is 0 Å². The minimum Gasteiger partial charge on any atom is -0.368 e. The van der Waals surface area contributed by atoms with Gasteiger partial charge in [0.05, 0.1) is 6.10 Å². The van der Waals surface area contributed by atoms with Crippen LogP contribution in [0.15, 0.2) is 0 Å². The van der Waals surface area contributed by atoms with Gasteiger partial charge in [0.1, 0.15) is 0 Å². The molecule has 1 saturated carbocycles. The van der Waals surface area contributed by atoms with Crippen molar-refractivity contribution < 1.29 is 9.84 Å². The summed E-state index contributed by atoms with van der Waals surface area (Å²) in [4.78, 5) is 5.25. The molecule has 0 radical (unpaired) electrons. The Morgan fingerprint density at radius 2 is 2.00 bits per heavy atom. The lowest BCUT2D eigenvalue weighted by molar-refractivity contribution is -0.291. The zero-order valence-corrected chi connectivity index (χ0v) is 15.6. The summed E-state index contributed by atoms with van der Waals surface area (Å²) in [5, 5.41) is 10.7. The molecule has 3 heterocycles. The van der Waals surface area contributed by atoms with Gasteiger partial charge in [0.25, 0.3) is 0 Å². The Kier molecular flexibility index (Phi) is 4.94. The number of rotatable bonds is 4. The summed E-state index contributed by atoms with van der Waals surface area (Å²) in [5.41, 5.74) is 0.313. The highest BCUT2D eigenvalue weighted by Crippen LogP contribution is 2.55. The fourth-order valence-electron chi connectivity index (χ4n) is 6.48. The predicted molar refractivity (Wildman–Crippen MR) is 95.8 cm³/mol. The Hall–Kier alpha value is -0.160. The van der Waals surface area contributed by atoms with Gasteiger partial charge in [-0.3, -0.25) is 4.90 Å². The number of fused-ring (bicyclic) bond motifs is 2. The maximum atomic E-state index is 10.7. The summed E-state index contributed by atoms with van der Waals surface area (Å²) in [7, 11) is 0. The first-order valence-electron chi connectivity index (χ1n) is 10.5. The molecule has 3 aliphatic heterocycles. The fraction of sp³-hybridized carbons (Fsp3) is 1.00. The average molecular weight is 337 g/mol. The van der Waals surface area contributed by atoms with Gasteiger partial charge in [0, 0.05) is 36.4 Å². The van der Waals surface area contributed by atoms with Crippen molar-refractivity contribution in [2.75, 3.05) is 32.7 Å². The Morgan fingerprint density at radius 1 is 1.17 bits per heavy atom. The molecule has 4 heteroatoms. The van der Waals surface area contributed by atoms with Gasteiger partial charge >= 0.3 is 0 Å². The van der Waals surface area contributed by atoms with Gasteiger partial charge in [-0.05, 0) is 51.7 Å². The second-order valence-corrected chi connectivity index (χ2v) is 8.85. The van der Waals surface area contributed by atoms with Crippen LogP contribution in [0.1, 0.15) is 58.8 Å². The zero-order valence-electron chi connectivity index (χ0n) is 15.6. The van der Waals surface area contributed by atoms with E-state index >= 15 is 0 Å². The Balaban J connectivity index is 1.55. The summed E-state index contributed by atoms with van der Waals surface area (Å²) >= 11 is 0. The third kappa shape index (κ3) is 2.84. The molecule has 138 valence electrons. The number of nitrogens with zero attached hydrogens (tertiary/aromatic N) is 2. The summed E-state index contributed by atoms with van der Waals surface area (Å²) in [6.45, 7) is 10.1. The molecule has 0 amide bonds. The molecule has 4 aliphatic rings. The molecule has 2 bridgehead atoms. The summed E-state index contributed by atoms with van der Waals surface area (Å²) in [5.74, 6) is 0.943. The van der Waals surface area contributed by atoms with E-state index in [2.05, 4.69) is 23.6 Å². The highest BCUT2D eigenvalue weighted by Gasteiger charge is 2.59. The van der Waals surface area contributed by atoms with Crippen LogP contribution in [0.4, 0.5) is 0 Å². The van der Waals surface area contributed by atoms with Crippen LogP contribution in [-0.2, 0) is 4.74 Å². The molecule has 4 nitrogen and oxygen atoms in total. The third-order valence-electron chi connectivity index (χ3n) is 7.63. The molecule has 0 spiro atoms. The minimum absolute atomic E-state index is 0.279. The number of piperidine rings is 2. The van der Waals surface area contributed by atoms with Crippen molar-refractivity contribution in [1.29, 1.82) is 0 Å². The van der Waals surface area contributed by atoms with Crippen LogP contribution in [0.2, 0.25) is 0 Å². The third-order valence-corrected chi connectivity index (χ3v) is 7.63. The van der Waals surface area contributed by atoms with Crippen molar-refractivity contribution in [3.8, 4) is 0 Å². The SMILES string of the molecule is CCN(CC)C[C@H]1C[C@]23CCC[C@H](C2O[C@@H]1O)[C@H]1CCCCN1C3. The number of ether oxygens (including phenoxy) is 1. The van der Waals surface area contributed by atoms with Gasteiger partial charge in [0.2, 0.25) is 0 Å². The fourth-order valence-corrected chi connectivity index (χ4v) is 6.48. The standard InChI is InChI=1S/C20H36N2O2/c1-3-21(4-2)13-15-12-20-10-7-8-16(18(20)24-19(15)23)17-9-5-6-11-22(17)14-20/h15-19,23H,3-14H2,1-2H3/t15-,16+,17-,18?,19+,20+/m1/s1. The lowest BCUT2D eigenvalue weighted by Crippen LogP contribution is -2.68. The van der Waals surface area contributed by atoms with Gasteiger partial charge in [-0.1, -0.05) is 26.7 Å². The van der Waals surface area contributed by atoms with Gasteiger partial charge in [-0.2, -0.15) is 0 Å². The van der Waals surface area contributed by atoms with Crippen molar-refractivity contribution in [2.24, 2.45) is 17.3 Å². The largest absolute Gasteiger partial charge is 0.368 e. The van der Waals surface area contributed by atoms with E-state index in [0.717, 1.165) is 32.1 Å². The highest BCUT2D eigenvalue weighted by atomic mass is 16.6. The van der Waals surface area contributed by atoms with Crippen LogP contribution >= 0.6 is 0 Å². The topological polar surface area (TPSA) is 35.9 Å². The maximum absolute atomic E-state index is 10.7. The molecular weight excluding hydrogens is 300 g/mol.